The lowest BCUT2D eigenvalue weighted by atomic mass is 10.0. The highest BCUT2D eigenvalue weighted by Crippen LogP contribution is 2.21. The van der Waals surface area contributed by atoms with Gasteiger partial charge in [0.1, 0.15) is 0 Å². The van der Waals surface area contributed by atoms with Gasteiger partial charge in [-0.2, -0.15) is 0 Å². The summed E-state index contributed by atoms with van der Waals surface area (Å²) in [6, 6.07) is 17.8. The highest BCUT2D eigenvalue weighted by atomic mass is 79.9. The van der Waals surface area contributed by atoms with Crippen molar-refractivity contribution in [3.63, 3.8) is 0 Å². The van der Waals surface area contributed by atoms with E-state index >= 15 is 0 Å². The molecule has 1 heterocycles. The van der Waals surface area contributed by atoms with E-state index in [9.17, 15) is 4.79 Å². The number of carbonyl (C=O) groups is 1. The largest absolute Gasteiger partial charge is 0.382 e. The van der Waals surface area contributed by atoms with Crippen LogP contribution in [0.3, 0.4) is 0 Å². The van der Waals surface area contributed by atoms with Gasteiger partial charge in [-0.15, -0.1) is 0 Å². The third kappa shape index (κ3) is 3.85. The summed E-state index contributed by atoms with van der Waals surface area (Å²) in [4.78, 5) is 17.9. The van der Waals surface area contributed by atoms with Gasteiger partial charge < -0.3 is 10.2 Å². The van der Waals surface area contributed by atoms with E-state index in [1.54, 1.807) is 0 Å². The van der Waals surface area contributed by atoms with E-state index in [-0.39, 0.29) is 11.9 Å². The van der Waals surface area contributed by atoms with Gasteiger partial charge in [0.25, 0.3) is 5.91 Å². The van der Waals surface area contributed by atoms with Gasteiger partial charge in [0.15, 0.2) is 0 Å². The summed E-state index contributed by atoms with van der Waals surface area (Å²) in [6.07, 6.45) is 0.728. The predicted octanol–water partition coefficient (Wildman–Crippen LogP) is 4.21. The fourth-order valence-electron chi connectivity index (χ4n) is 2.73. The van der Waals surface area contributed by atoms with Crippen LogP contribution in [-0.4, -0.2) is 17.7 Å². The fraction of sp³-hybridized carbons (Fsp3) is 0.263. The molecular formula is C19H19BrN2O2. The molecule has 3 rings (SSSR count). The van der Waals surface area contributed by atoms with E-state index in [0.717, 1.165) is 27.7 Å². The molecule has 1 aliphatic heterocycles. The van der Waals surface area contributed by atoms with Gasteiger partial charge in [0.05, 0.1) is 11.8 Å². The number of oxime groups is 1. The maximum atomic E-state index is 12.5. The van der Waals surface area contributed by atoms with Crippen LogP contribution in [0.2, 0.25) is 0 Å². The molecule has 0 aromatic heterocycles. The van der Waals surface area contributed by atoms with Crippen molar-refractivity contribution in [2.45, 2.75) is 31.9 Å². The van der Waals surface area contributed by atoms with Crippen LogP contribution in [-0.2, 0) is 9.63 Å². The van der Waals surface area contributed by atoms with Gasteiger partial charge in [0.2, 0.25) is 6.10 Å². The summed E-state index contributed by atoms with van der Waals surface area (Å²) in [7, 11) is 0. The minimum atomic E-state index is -0.572. The van der Waals surface area contributed by atoms with Crippen molar-refractivity contribution in [2.75, 3.05) is 0 Å². The van der Waals surface area contributed by atoms with Crippen molar-refractivity contribution in [3.05, 3.63) is 70.2 Å². The van der Waals surface area contributed by atoms with E-state index in [0.29, 0.717) is 6.42 Å². The second-order valence-electron chi connectivity index (χ2n) is 5.73. The number of benzene rings is 2. The maximum Gasteiger partial charge on any atom is 0.264 e. The molecule has 0 spiro atoms. The number of rotatable bonds is 5. The van der Waals surface area contributed by atoms with Crippen LogP contribution in [0.5, 0.6) is 0 Å². The molecule has 2 aromatic carbocycles. The van der Waals surface area contributed by atoms with Crippen molar-refractivity contribution in [3.8, 4) is 0 Å². The molecule has 0 fully saturated rings. The highest BCUT2D eigenvalue weighted by molar-refractivity contribution is 9.10. The van der Waals surface area contributed by atoms with Crippen LogP contribution in [0.15, 0.2) is 64.2 Å². The monoisotopic (exact) mass is 386 g/mol. The first-order chi connectivity index (χ1) is 11.7. The average molecular weight is 387 g/mol. The Balaban J connectivity index is 1.63. The van der Waals surface area contributed by atoms with E-state index in [1.807, 2.05) is 54.6 Å². The molecule has 124 valence electrons. The molecule has 4 nitrogen and oxygen atoms in total. The quantitative estimate of drug-likeness (QED) is 0.836. The minimum Gasteiger partial charge on any atom is -0.382 e. The Bertz CT molecular complexity index is 746. The van der Waals surface area contributed by atoms with E-state index in [2.05, 4.69) is 33.3 Å². The van der Waals surface area contributed by atoms with E-state index < -0.39 is 6.10 Å². The predicted molar refractivity (Wildman–Crippen MR) is 97.8 cm³/mol. The summed E-state index contributed by atoms with van der Waals surface area (Å²) >= 11 is 3.45. The Labute approximate surface area is 150 Å². The third-order valence-electron chi connectivity index (χ3n) is 4.05. The Hall–Kier alpha value is -2.14. The smallest absolute Gasteiger partial charge is 0.264 e. The Morgan fingerprint density at radius 2 is 2.08 bits per heavy atom. The SMILES string of the molecule is CC[C@@H](NC(=O)[C@@H]1CC(c2cccc(Br)c2)=NO1)c1ccccc1. The molecule has 1 amide bonds. The Morgan fingerprint density at radius 3 is 2.79 bits per heavy atom. The second-order valence-corrected chi connectivity index (χ2v) is 6.64. The first kappa shape index (κ1) is 16.7. The molecule has 2 aromatic rings. The van der Waals surface area contributed by atoms with Gasteiger partial charge in [-0.05, 0) is 24.1 Å². The van der Waals surface area contributed by atoms with Crippen LogP contribution in [0.4, 0.5) is 0 Å². The number of nitrogens with zero attached hydrogens (tertiary/aromatic N) is 1. The van der Waals surface area contributed by atoms with Gasteiger partial charge >= 0.3 is 0 Å². The van der Waals surface area contributed by atoms with Crippen molar-refractivity contribution >= 4 is 27.5 Å². The molecule has 2 atom stereocenters. The molecule has 0 radical (unpaired) electrons. The molecule has 0 unspecified atom stereocenters. The molecule has 24 heavy (non-hydrogen) atoms. The van der Waals surface area contributed by atoms with E-state index in [4.69, 9.17) is 4.84 Å². The van der Waals surface area contributed by atoms with Crippen molar-refractivity contribution < 1.29 is 9.63 Å². The maximum absolute atomic E-state index is 12.5. The van der Waals surface area contributed by atoms with Crippen LogP contribution in [0, 0.1) is 0 Å². The summed E-state index contributed by atoms with van der Waals surface area (Å²) < 4.78 is 0.978. The van der Waals surface area contributed by atoms with E-state index in [1.165, 1.54) is 0 Å². The number of hydrogen-bond donors (Lipinski definition) is 1. The Kier molecular flexibility index (Phi) is 5.30. The number of carbonyl (C=O) groups excluding carboxylic acids is 1. The van der Waals surface area contributed by atoms with Crippen LogP contribution < -0.4 is 5.32 Å². The molecule has 5 heteroatoms. The Morgan fingerprint density at radius 1 is 1.29 bits per heavy atom. The van der Waals surface area contributed by atoms with Gasteiger partial charge in [-0.25, -0.2) is 0 Å². The summed E-state index contributed by atoms with van der Waals surface area (Å²) in [6.45, 7) is 2.05. The molecular weight excluding hydrogens is 368 g/mol. The normalized spacial score (nSPS) is 17.8. The van der Waals surface area contributed by atoms with Crippen LogP contribution >= 0.6 is 15.9 Å². The number of hydrogen-bond acceptors (Lipinski definition) is 3. The van der Waals surface area contributed by atoms with Gasteiger partial charge in [-0.3, -0.25) is 4.79 Å². The van der Waals surface area contributed by atoms with Crippen molar-refractivity contribution in [2.24, 2.45) is 5.16 Å². The minimum absolute atomic E-state index is 0.0165. The molecule has 1 N–H and O–H groups in total. The lowest BCUT2D eigenvalue weighted by Crippen LogP contribution is -2.37. The molecule has 0 saturated heterocycles. The lowest BCUT2D eigenvalue weighted by Gasteiger charge is -2.19. The zero-order valence-corrected chi connectivity index (χ0v) is 15.0. The first-order valence-corrected chi connectivity index (χ1v) is 8.80. The summed E-state index contributed by atoms with van der Waals surface area (Å²) in [5.41, 5.74) is 2.86. The van der Waals surface area contributed by atoms with Crippen LogP contribution in [0.1, 0.15) is 36.9 Å². The molecule has 0 aliphatic carbocycles. The number of nitrogens with one attached hydrogen (secondary N) is 1. The third-order valence-corrected chi connectivity index (χ3v) is 4.54. The average Bonchev–Trinajstić information content (AvgIpc) is 3.10. The molecule has 1 aliphatic rings. The van der Waals surface area contributed by atoms with Gasteiger partial charge in [0, 0.05) is 16.5 Å². The molecule has 0 saturated carbocycles. The number of amides is 1. The zero-order chi connectivity index (χ0) is 16.9. The topological polar surface area (TPSA) is 50.7 Å². The second kappa shape index (κ2) is 7.62. The van der Waals surface area contributed by atoms with Gasteiger partial charge in [-0.1, -0.05) is 70.5 Å². The van der Waals surface area contributed by atoms with Crippen LogP contribution in [0.25, 0.3) is 0 Å². The number of halogens is 1. The van der Waals surface area contributed by atoms with Crippen molar-refractivity contribution in [1.29, 1.82) is 0 Å². The van der Waals surface area contributed by atoms with Crippen molar-refractivity contribution in [1.82, 2.24) is 5.32 Å². The fourth-order valence-corrected chi connectivity index (χ4v) is 3.13. The molecule has 0 bridgehead atoms. The summed E-state index contributed by atoms with van der Waals surface area (Å²) in [5, 5.41) is 7.15. The summed E-state index contributed by atoms with van der Waals surface area (Å²) in [5.74, 6) is -0.126. The standard InChI is InChI=1S/C19H19BrN2O2/c1-2-16(13-7-4-3-5-8-13)21-19(23)18-12-17(22-24-18)14-9-6-10-15(20)11-14/h3-11,16,18H,2,12H2,1H3,(H,21,23)/t16-,18+/m1/s1. The highest BCUT2D eigenvalue weighted by Gasteiger charge is 2.30. The lowest BCUT2D eigenvalue weighted by molar-refractivity contribution is -0.132. The zero-order valence-electron chi connectivity index (χ0n) is 13.4. The first-order valence-electron chi connectivity index (χ1n) is 8.01.